The molecule has 5 nitrogen and oxygen atoms in total. The molecular weight excluding hydrogens is 394 g/mol. The molecule has 1 amide bonds. The van der Waals surface area contributed by atoms with Gasteiger partial charge >= 0.3 is 0 Å². The number of likely N-dealkylation sites (N-methyl/N-ethyl adjacent to an activating group) is 1. The molecule has 1 aromatic heterocycles. The zero-order valence-electron chi connectivity index (χ0n) is 17.1. The molecule has 0 radical (unpaired) electrons. The number of hydrogen-bond donors (Lipinski definition) is 2. The van der Waals surface area contributed by atoms with Gasteiger partial charge in [-0.15, -0.1) is 11.3 Å². The first-order chi connectivity index (χ1) is 14.5. The van der Waals surface area contributed by atoms with E-state index in [4.69, 9.17) is 0 Å². The summed E-state index contributed by atoms with van der Waals surface area (Å²) in [5.74, 6) is -0.0941. The molecule has 1 aliphatic rings. The maximum Gasteiger partial charge on any atom is 0.265 e. The third kappa shape index (κ3) is 4.45. The van der Waals surface area contributed by atoms with E-state index in [2.05, 4.69) is 27.7 Å². The highest BCUT2D eigenvalue weighted by molar-refractivity contribution is 7.17. The SMILES string of the molecule is CNC1CCN(c2ccc(NC(=O)c3ccc(-c4cccc(C(C)=O)c4)s3)cc2)C1. The second-order valence-corrected chi connectivity index (χ2v) is 8.61. The van der Waals surface area contributed by atoms with Crippen LogP contribution in [0.1, 0.15) is 33.4 Å². The monoisotopic (exact) mass is 419 g/mol. The van der Waals surface area contributed by atoms with E-state index in [-0.39, 0.29) is 11.7 Å². The van der Waals surface area contributed by atoms with Crippen LogP contribution in [-0.2, 0) is 0 Å². The van der Waals surface area contributed by atoms with Crippen molar-refractivity contribution >= 4 is 34.4 Å². The molecule has 154 valence electrons. The summed E-state index contributed by atoms with van der Waals surface area (Å²) in [4.78, 5) is 28.3. The van der Waals surface area contributed by atoms with Crippen LogP contribution in [0.2, 0.25) is 0 Å². The summed E-state index contributed by atoms with van der Waals surface area (Å²) in [6.07, 6.45) is 1.14. The van der Waals surface area contributed by atoms with Crippen molar-refractivity contribution < 1.29 is 9.59 Å². The normalized spacial score (nSPS) is 15.9. The predicted molar refractivity (Wildman–Crippen MR) is 124 cm³/mol. The fourth-order valence-electron chi connectivity index (χ4n) is 3.69. The van der Waals surface area contributed by atoms with Crippen molar-refractivity contribution in [1.29, 1.82) is 0 Å². The van der Waals surface area contributed by atoms with E-state index in [0.29, 0.717) is 16.5 Å². The molecule has 30 heavy (non-hydrogen) atoms. The van der Waals surface area contributed by atoms with Crippen molar-refractivity contribution in [1.82, 2.24) is 5.32 Å². The molecule has 0 bridgehead atoms. The Morgan fingerprint density at radius 3 is 2.57 bits per heavy atom. The molecule has 0 spiro atoms. The van der Waals surface area contributed by atoms with Crippen LogP contribution < -0.4 is 15.5 Å². The highest BCUT2D eigenvalue weighted by Gasteiger charge is 2.21. The van der Waals surface area contributed by atoms with Gasteiger partial charge in [0.15, 0.2) is 5.78 Å². The lowest BCUT2D eigenvalue weighted by Gasteiger charge is -2.19. The van der Waals surface area contributed by atoms with E-state index in [1.165, 1.54) is 17.0 Å². The number of carbonyl (C=O) groups is 2. The van der Waals surface area contributed by atoms with Gasteiger partial charge < -0.3 is 15.5 Å². The summed E-state index contributed by atoms with van der Waals surface area (Å²) < 4.78 is 0. The third-order valence-electron chi connectivity index (χ3n) is 5.47. The van der Waals surface area contributed by atoms with Gasteiger partial charge in [0.2, 0.25) is 0 Å². The number of hydrogen-bond acceptors (Lipinski definition) is 5. The van der Waals surface area contributed by atoms with Gasteiger partial charge in [0, 0.05) is 40.9 Å². The topological polar surface area (TPSA) is 61.4 Å². The number of thiophene rings is 1. The minimum atomic E-state index is -0.127. The average molecular weight is 420 g/mol. The number of Topliss-reactive ketones (excluding diaryl/α,β-unsaturated/α-hetero) is 1. The zero-order chi connectivity index (χ0) is 21.1. The number of amides is 1. The highest BCUT2D eigenvalue weighted by Crippen LogP contribution is 2.30. The number of carbonyl (C=O) groups excluding carboxylic acids is 2. The molecule has 1 saturated heterocycles. The number of ketones is 1. The van der Waals surface area contributed by atoms with Gasteiger partial charge in [0.1, 0.15) is 0 Å². The first-order valence-electron chi connectivity index (χ1n) is 10.1. The molecule has 4 rings (SSSR count). The van der Waals surface area contributed by atoms with Gasteiger partial charge in [0.25, 0.3) is 5.91 Å². The van der Waals surface area contributed by atoms with E-state index >= 15 is 0 Å². The van der Waals surface area contributed by atoms with Crippen molar-refractivity contribution in [3.8, 4) is 10.4 Å². The molecular formula is C24H25N3O2S. The van der Waals surface area contributed by atoms with Crippen molar-refractivity contribution in [3.05, 3.63) is 71.1 Å². The molecule has 2 heterocycles. The fraction of sp³-hybridized carbons (Fsp3) is 0.250. The lowest BCUT2D eigenvalue weighted by molar-refractivity contribution is 0.101. The standard InChI is InChI=1S/C24H25N3O2S/c1-16(28)17-4-3-5-18(14-17)22-10-11-23(30-22)24(29)26-19-6-8-21(9-7-19)27-13-12-20(15-27)25-2/h3-11,14,20,25H,12-13,15H2,1-2H3,(H,26,29). The summed E-state index contributed by atoms with van der Waals surface area (Å²) in [5.41, 5.74) is 3.57. The van der Waals surface area contributed by atoms with Crippen molar-refractivity contribution in [3.63, 3.8) is 0 Å². The van der Waals surface area contributed by atoms with Crippen LogP contribution in [0.4, 0.5) is 11.4 Å². The van der Waals surface area contributed by atoms with Crippen LogP contribution in [0.5, 0.6) is 0 Å². The summed E-state index contributed by atoms with van der Waals surface area (Å²) in [5, 5.41) is 6.30. The lowest BCUT2D eigenvalue weighted by atomic mass is 10.1. The molecule has 1 fully saturated rings. The van der Waals surface area contributed by atoms with E-state index < -0.39 is 0 Å². The molecule has 0 saturated carbocycles. The molecule has 2 aromatic carbocycles. The van der Waals surface area contributed by atoms with Gasteiger partial charge in [0.05, 0.1) is 4.88 Å². The number of nitrogens with one attached hydrogen (secondary N) is 2. The van der Waals surface area contributed by atoms with Gasteiger partial charge in [-0.3, -0.25) is 9.59 Å². The summed E-state index contributed by atoms with van der Waals surface area (Å²) in [7, 11) is 2.00. The van der Waals surface area contributed by atoms with Gasteiger partial charge in [-0.1, -0.05) is 18.2 Å². The molecule has 1 atom stereocenters. The largest absolute Gasteiger partial charge is 0.370 e. The fourth-order valence-corrected chi connectivity index (χ4v) is 4.58. The Morgan fingerprint density at radius 2 is 1.87 bits per heavy atom. The Labute approximate surface area is 180 Å². The Kier molecular flexibility index (Phi) is 5.97. The minimum absolute atomic E-state index is 0.0326. The minimum Gasteiger partial charge on any atom is -0.370 e. The van der Waals surface area contributed by atoms with Crippen LogP contribution in [0.25, 0.3) is 10.4 Å². The van der Waals surface area contributed by atoms with Gasteiger partial charge in [-0.2, -0.15) is 0 Å². The number of benzene rings is 2. The van der Waals surface area contributed by atoms with E-state index in [1.807, 2.05) is 49.5 Å². The Bertz CT molecular complexity index is 1060. The van der Waals surface area contributed by atoms with E-state index in [1.54, 1.807) is 13.0 Å². The Hall–Kier alpha value is -2.96. The van der Waals surface area contributed by atoms with Gasteiger partial charge in [-0.05, 0) is 68.4 Å². The molecule has 2 N–H and O–H groups in total. The lowest BCUT2D eigenvalue weighted by Crippen LogP contribution is -2.29. The van der Waals surface area contributed by atoms with Crippen LogP contribution >= 0.6 is 11.3 Å². The Balaban J connectivity index is 1.42. The van der Waals surface area contributed by atoms with E-state index in [0.717, 1.165) is 35.6 Å². The van der Waals surface area contributed by atoms with Crippen LogP contribution in [-0.4, -0.2) is 37.9 Å². The Morgan fingerprint density at radius 1 is 1.07 bits per heavy atom. The molecule has 0 aliphatic carbocycles. The molecule has 6 heteroatoms. The summed E-state index contributed by atoms with van der Waals surface area (Å²) in [6.45, 7) is 3.60. The first-order valence-corrected chi connectivity index (χ1v) is 10.9. The van der Waals surface area contributed by atoms with Gasteiger partial charge in [-0.25, -0.2) is 0 Å². The van der Waals surface area contributed by atoms with E-state index in [9.17, 15) is 9.59 Å². The highest BCUT2D eigenvalue weighted by atomic mass is 32.1. The first kappa shape index (κ1) is 20.3. The third-order valence-corrected chi connectivity index (χ3v) is 6.60. The maximum atomic E-state index is 12.7. The van der Waals surface area contributed by atoms with Crippen molar-refractivity contribution in [2.24, 2.45) is 0 Å². The van der Waals surface area contributed by atoms with Crippen LogP contribution in [0.3, 0.4) is 0 Å². The number of anilines is 2. The second-order valence-electron chi connectivity index (χ2n) is 7.52. The quantitative estimate of drug-likeness (QED) is 0.570. The summed E-state index contributed by atoms with van der Waals surface area (Å²) >= 11 is 1.42. The number of nitrogens with zero attached hydrogens (tertiary/aromatic N) is 1. The predicted octanol–water partition coefficient (Wildman–Crippen LogP) is 4.67. The van der Waals surface area contributed by atoms with Crippen molar-refractivity contribution in [2.75, 3.05) is 30.4 Å². The van der Waals surface area contributed by atoms with Crippen LogP contribution in [0, 0.1) is 0 Å². The molecule has 1 aliphatic heterocycles. The average Bonchev–Trinajstić information content (AvgIpc) is 3.44. The van der Waals surface area contributed by atoms with Crippen LogP contribution in [0.15, 0.2) is 60.7 Å². The number of rotatable bonds is 6. The smallest absolute Gasteiger partial charge is 0.265 e. The molecule has 3 aromatic rings. The molecule has 1 unspecified atom stereocenters. The summed E-state index contributed by atoms with van der Waals surface area (Å²) in [6, 6.07) is 19.8. The second kappa shape index (κ2) is 8.81. The maximum absolute atomic E-state index is 12.7. The van der Waals surface area contributed by atoms with Crippen molar-refractivity contribution in [2.45, 2.75) is 19.4 Å². The zero-order valence-corrected chi connectivity index (χ0v) is 18.0.